The van der Waals surface area contributed by atoms with Gasteiger partial charge in [-0.25, -0.2) is 0 Å². The summed E-state index contributed by atoms with van der Waals surface area (Å²) in [5.41, 5.74) is 3.92. The Kier molecular flexibility index (Phi) is 4.83. The van der Waals surface area contributed by atoms with E-state index < -0.39 is 0 Å². The standard InChI is InChI=1S/C17H15Cl2N5/c1-10-5-3-7-13(11(10)2)22-17-23-15(9-20-24-17)21-14-8-4-6-12(18)16(14)19/h3-9H,1-2H3,(H2,21,22,23,24). The Morgan fingerprint density at radius 2 is 1.67 bits per heavy atom. The number of halogens is 2. The molecular weight excluding hydrogens is 345 g/mol. The van der Waals surface area contributed by atoms with Crippen molar-refractivity contribution in [2.75, 3.05) is 10.6 Å². The molecule has 1 aromatic heterocycles. The summed E-state index contributed by atoms with van der Waals surface area (Å²) >= 11 is 12.2. The second-order valence-electron chi connectivity index (χ2n) is 5.26. The zero-order chi connectivity index (χ0) is 17.1. The molecule has 0 amide bonds. The Balaban J connectivity index is 1.84. The molecule has 0 fully saturated rings. The predicted molar refractivity (Wildman–Crippen MR) is 98.8 cm³/mol. The Morgan fingerprint density at radius 1 is 0.917 bits per heavy atom. The van der Waals surface area contributed by atoms with Crippen LogP contribution in [-0.4, -0.2) is 15.2 Å². The van der Waals surface area contributed by atoms with E-state index in [0.29, 0.717) is 27.5 Å². The van der Waals surface area contributed by atoms with Crippen molar-refractivity contribution in [2.45, 2.75) is 13.8 Å². The maximum atomic E-state index is 6.18. The molecule has 0 unspecified atom stereocenters. The van der Waals surface area contributed by atoms with Crippen LogP contribution < -0.4 is 10.6 Å². The van der Waals surface area contributed by atoms with Crippen LogP contribution in [-0.2, 0) is 0 Å². The van der Waals surface area contributed by atoms with Crippen molar-refractivity contribution in [2.24, 2.45) is 0 Å². The highest BCUT2D eigenvalue weighted by Gasteiger charge is 2.08. The summed E-state index contributed by atoms with van der Waals surface area (Å²) in [6.45, 7) is 4.09. The van der Waals surface area contributed by atoms with Crippen molar-refractivity contribution >= 4 is 46.3 Å². The van der Waals surface area contributed by atoms with E-state index in [1.165, 1.54) is 11.8 Å². The third-order valence-electron chi connectivity index (χ3n) is 3.62. The highest BCUT2D eigenvalue weighted by molar-refractivity contribution is 6.43. The number of anilines is 4. The lowest BCUT2D eigenvalue weighted by Gasteiger charge is -2.11. The van der Waals surface area contributed by atoms with Gasteiger partial charge in [0.25, 0.3) is 0 Å². The van der Waals surface area contributed by atoms with Gasteiger partial charge in [0.15, 0.2) is 5.82 Å². The molecule has 122 valence electrons. The van der Waals surface area contributed by atoms with Crippen LogP contribution >= 0.6 is 23.2 Å². The number of hydrogen-bond acceptors (Lipinski definition) is 5. The summed E-state index contributed by atoms with van der Waals surface area (Å²) in [7, 11) is 0. The van der Waals surface area contributed by atoms with Gasteiger partial charge in [-0.05, 0) is 43.2 Å². The highest BCUT2D eigenvalue weighted by atomic mass is 35.5. The predicted octanol–water partition coefficient (Wildman–Crippen LogP) is 5.28. The Bertz CT molecular complexity index is 814. The Morgan fingerprint density at radius 3 is 2.50 bits per heavy atom. The lowest BCUT2D eigenvalue weighted by molar-refractivity contribution is 0.981. The molecule has 0 atom stereocenters. The van der Waals surface area contributed by atoms with Crippen LogP contribution in [0.25, 0.3) is 0 Å². The second-order valence-corrected chi connectivity index (χ2v) is 6.05. The van der Waals surface area contributed by atoms with Gasteiger partial charge in [0, 0.05) is 5.69 Å². The number of aromatic nitrogens is 3. The van der Waals surface area contributed by atoms with Crippen LogP contribution in [0.5, 0.6) is 0 Å². The number of benzene rings is 2. The topological polar surface area (TPSA) is 62.7 Å². The van der Waals surface area contributed by atoms with Crippen LogP contribution in [0.15, 0.2) is 42.6 Å². The summed E-state index contributed by atoms with van der Waals surface area (Å²) < 4.78 is 0. The third-order valence-corrected chi connectivity index (χ3v) is 4.44. The quantitative estimate of drug-likeness (QED) is 0.663. The van der Waals surface area contributed by atoms with Gasteiger partial charge in [-0.15, -0.1) is 5.10 Å². The first-order valence-corrected chi connectivity index (χ1v) is 8.04. The Hall–Kier alpha value is -2.37. The molecule has 3 rings (SSSR count). The summed E-state index contributed by atoms with van der Waals surface area (Å²) in [4.78, 5) is 4.41. The molecule has 0 radical (unpaired) electrons. The molecule has 2 aromatic carbocycles. The maximum absolute atomic E-state index is 6.18. The van der Waals surface area contributed by atoms with Gasteiger partial charge in [0.2, 0.25) is 5.95 Å². The molecule has 24 heavy (non-hydrogen) atoms. The highest BCUT2D eigenvalue weighted by Crippen LogP contribution is 2.31. The van der Waals surface area contributed by atoms with E-state index >= 15 is 0 Å². The average Bonchev–Trinajstić information content (AvgIpc) is 2.57. The number of nitrogens with zero attached hydrogens (tertiary/aromatic N) is 3. The first-order chi connectivity index (χ1) is 11.5. The van der Waals surface area contributed by atoms with Crippen molar-refractivity contribution in [1.82, 2.24) is 15.2 Å². The second kappa shape index (κ2) is 7.03. The SMILES string of the molecule is Cc1cccc(Nc2nncc(Nc3cccc(Cl)c3Cl)n2)c1C. The van der Waals surface area contributed by atoms with Crippen molar-refractivity contribution in [3.05, 3.63) is 63.8 Å². The number of aryl methyl sites for hydroxylation is 1. The summed E-state index contributed by atoms with van der Waals surface area (Å²) in [6.07, 6.45) is 1.52. The fourth-order valence-corrected chi connectivity index (χ4v) is 2.51. The lowest BCUT2D eigenvalue weighted by Crippen LogP contribution is -2.03. The minimum absolute atomic E-state index is 0.395. The van der Waals surface area contributed by atoms with Crippen LogP contribution in [0.4, 0.5) is 23.1 Å². The summed E-state index contributed by atoms with van der Waals surface area (Å²) in [5, 5.41) is 15.2. The molecule has 0 bridgehead atoms. The van der Waals surface area contributed by atoms with Crippen molar-refractivity contribution < 1.29 is 0 Å². The minimum Gasteiger partial charge on any atom is -0.338 e. The van der Waals surface area contributed by atoms with Crippen molar-refractivity contribution in [1.29, 1.82) is 0 Å². The van der Waals surface area contributed by atoms with Crippen LogP contribution in [0, 0.1) is 13.8 Å². The monoisotopic (exact) mass is 359 g/mol. The molecule has 0 aliphatic heterocycles. The van der Waals surface area contributed by atoms with E-state index in [1.807, 2.05) is 25.1 Å². The van der Waals surface area contributed by atoms with E-state index in [0.717, 1.165) is 11.3 Å². The number of nitrogens with one attached hydrogen (secondary N) is 2. The molecule has 0 spiro atoms. The van der Waals surface area contributed by atoms with E-state index in [2.05, 4.69) is 38.8 Å². The minimum atomic E-state index is 0.395. The largest absolute Gasteiger partial charge is 0.338 e. The smallest absolute Gasteiger partial charge is 0.249 e. The maximum Gasteiger partial charge on any atom is 0.249 e. The van der Waals surface area contributed by atoms with Gasteiger partial charge in [-0.3, -0.25) is 0 Å². The van der Waals surface area contributed by atoms with E-state index in [4.69, 9.17) is 23.2 Å². The lowest BCUT2D eigenvalue weighted by atomic mass is 10.1. The normalized spacial score (nSPS) is 10.5. The van der Waals surface area contributed by atoms with Crippen LogP contribution in [0.2, 0.25) is 10.0 Å². The average molecular weight is 360 g/mol. The van der Waals surface area contributed by atoms with Gasteiger partial charge in [0.1, 0.15) is 0 Å². The van der Waals surface area contributed by atoms with Crippen molar-refractivity contribution in [3.8, 4) is 0 Å². The first kappa shape index (κ1) is 16.5. The zero-order valence-electron chi connectivity index (χ0n) is 13.1. The molecule has 0 aliphatic carbocycles. The third kappa shape index (κ3) is 3.58. The van der Waals surface area contributed by atoms with Crippen LogP contribution in [0.1, 0.15) is 11.1 Å². The summed E-state index contributed by atoms with van der Waals surface area (Å²) in [6, 6.07) is 11.3. The number of hydrogen-bond donors (Lipinski definition) is 2. The molecule has 2 N–H and O–H groups in total. The van der Waals surface area contributed by atoms with Gasteiger partial charge in [-0.1, -0.05) is 41.4 Å². The van der Waals surface area contributed by atoms with Gasteiger partial charge in [0.05, 0.1) is 21.9 Å². The zero-order valence-corrected chi connectivity index (χ0v) is 14.7. The molecule has 1 heterocycles. The van der Waals surface area contributed by atoms with Crippen molar-refractivity contribution in [3.63, 3.8) is 0 Å². The molecule has 3 aromatic rings. The van der Waals surface area contributed by atoms with E-state index in [9.17, 15) is 0 Å². The Labute approximate surface area is 150 Å². The molecular formula is C17H15Cl2N5. The molecule has 0 saturated heterocycles. The molecule has 7 heteroatoms. The molecule has 0 saturated carbocycles. The van der Waals surface area contributed by atoms with Gasteiger partial charge < -0.3 is 10.6 Å². The van der Waals surface area contributed by atoms with E-state index in [1.54, 1.807) is 12.1 Å². The molecule has 0 aliphatic rings. The van der Waals surface area contributed by atoms with E-state index in [-0.39, 0.29) is 0 Å². The fourth-order valence-electron chi connectivity index (χ4n) is 2.16. The number of rotatable bonds is 4. The van der Waals surface area contributed by atoms with Gasteiger partial charge in [-0.2, -0.15) is 10.1 Å². The summed E-state index contributed by atoms with van der Waals surface area (Å²) in [5.74, 6) is 0.911. The molecule has 5 nitrogen and oxygen atoms in total. The first-order valence-electron chi connectivity index (χ1n) is 7.28. The fraction of sp³-hybridized carbons (Fsp3) is 0.118. The van der Waals surface area contributed by atoms with Crippen LogP contribution in [0.3, 0.4) is 0 Å². The van der Waals surface area contributed by atoms with Gasteiger partial charge >= 0.3 is 0 Å².